The van der Waals surface area contributed by atoms with E-state index >= 15 is 0 Å². The summed E-state index contributed by atoms with van der Waals surface area (Å²) in [5, 5.41) is 5.45. The summed E-state index contributed by atoms with van der Waals surface area (Å²) in [7, 11) is 1.66. The fraction of sp³-hybridized carbons (Fsp3) is 0.444. The van der Waals surface area contributed by atoms with Crippen molar-refractivity contribution in [2.75, 3.05) is 12.4 Å². The average Bonchev–Trinajstić information content (AvgIpc) is 2.45. The SMILES string of the molecule is C=CC(=O)Nc1ccc(C(C)(C)CC(C)(C)C(=O)NC)cc1. The Morgan fingerprint density at radius 1 is 1.14 bits per heavy atom. The predicted octanol–water partition coefficient (Wildman–Crippen LogP) is 3.25. The Labute approximate surface area is 133 Å². The first-order chi connectivity index (χ1) is 10.1. The molecule has 0 fully saturated rings. The zero-order valence-electron chi connectivity index (χ0n) is 14.1. The summed E-state index contributed by atoms with van der Waals surface area (Å²) in [4.78, 5) is 23.3. The minimum absolute atomic E-state index is 0.0374. The number of amides is 2. The summed E-state index contributed by atoms with van der Waals surface area (Å²) in [5.41, 5.74) is 1.25. The highest BCUT2D eigenvalue weighted by Crippen LogP contribution is 2.37. The quantitative estimate of drug-likeness (QED) is 0.793. The van der Waals surface area contributed by atoms with E-state index in [1.807, 2.05) is 38.1 Å². The number of rotatable bonds is 6. The molecule has 120 valence electrons. The molecule has 4 heteroatoms. The van der Waals surface area contributed by atoms with Gasteiger partial charge in [0.15, 0.2) is 0 Å². The molecule has 0 radical (unpaired) electrons. The largest absolute Gasteiger partial charge is 0.359 e. The van der Waals surface area contributed by atoms with Crippen LogP contribution < -0.4 is 10.6 Å². The first-order valence-electron chi connectivity index (χ1n) is 7.38. The fourth-order valence-corrected chi connectivity index (χ4v) is 2.82. The van der Waals surface area contributed by atoms with Crippen molar-refractivity contribution in [1.82, 2.24) is 5.32 Å². The lowest BCUT2D eigenvalue weighted by molar-refractivity contribution is -0.129. The third-order valence-corrected chi connectivity index (χ3v) is 3.84. The molecule has 2 N–H and O–H groups in total. The lowest BCUT2D eigenvalue weighted by Crippen LogP contribution is -2.39. The molecule has 4 nitrogen and oxygen atoms in total. The van der Waals surface area contributed by atoms with Crippen LogP contribution in [0.15, 0.2) is 36.9 Å². The average molecular weight is 302 g/mol. The van der Waals surface area contributed by atoms with Crippen molar-refractivity contribution in [3.8, 4) is 0 Å². The lowest BCUT2D eigenvalue weighted by Gasteiger charge is -2.34. The molecule has 0 aliphatic rings. The van der Waals surface area contributed by atoms with Crippen molar-refractivity contribution < 1.29 is 9.59 Å². The molecule has 0 aromatic heterocycles. The first kappa shape index (κ1) is 18.0. The van der Waals surface area contributed by atoms with E-state index in [0.717, 1.165) is 17.7 Å². The van der Waals surface area contributed by atoms with E-state index in [2.05, 4.69) is 31.1 Å². The van der Waals surface area contributed by atoms with Gasteiger partial charge in [-0.1, -0.05) is 46.4 Å². The third-order valence-electron chi connectivity index (χ3n) is 3.84. The van der Waals surface area contributed by atoms with Crippen LogP contribution in [0.25, 0.3) is 0 Å². The van der Waals surface area contributed by atoms with Crippen LogP contribution >= 0.6 is 0 Å². The fourth-order valence-electron chi connectivity index (χ4n) is 2.82. The molecule has 1 rings (SSSR count). The molecule has 0 saturated heterocycles. The van der Waals surface area contributed by atoms with Crippen LogP contribution in [-0.2, 0) is 15.0 Å². The van der Waals surface area contributed by atoms with Crippen LogP contribution in [0.2, 0.25) is 0 Å². The molecule has 22 heavy (non-hydrogen) atoms. The number of benzene rings is 1. The maximum absolute atomic E-state index is 12.0. The van der Waals surface area contributed by atoms with Crippen LogP contribution in [0, 0.1) is 5.41 Å². The molecule has 0 heterocycles. The van der Waals surface area contributed by atoms with Gasteiger partial charge in [-0.15, -0.1) is 0 Å². The molecule has 0 spiro atoms. The number of hydrogen-bond donors (Lipinski definition) is 2. The topological polar surface area (TPSA) is 58.2 Å². The van der Waals surface area contributed by atoms with E-state index in [0.29, 0.717) is 0 Å². The van der Waals surface area contributed by atoms with E-state index < -0.39 is 5.41 Å². The van der Waals surface area contributed by atoms with Gasteiger partial charge in [0.25, 0.3) is 0 Å². The second kappa shape index (κ2) is 6.77. The van der Waals surface area contributed by atoms with Gasteiger partial charge in [0.05, 0.1) is 0 Å². The highest BCUT2D eigenvalue weighted by atomic mass is 16.2. The number of nitrogens with one attached hydrogen (secondary N) is 2. The van der Waals surface area contributed by atoms with Crippen LogP contribution in [0.3, 0.4) is 0 Å². The van der Waals surface area contributed by atoms with Gasteiger partial charge in [0, 0.05) is 18.2 Å². The van der Waals surface area contributed by atoms with Crippen LogP contribution in [0.1, 0.15) is 39.7 Å². The Morgan fingerprint density at radius 2 is 1.68 bits per heavy atom. The van der Waals surface area contributed by atoms with E-state index in [1.165, 1.54) is 6.08 Å². The molecule has 0 saturated carbocycles. The standard InChI is InChI=1S/C18H26N2O2/c1-7-15(21)20-14-10-8-13(9-11-14)17(2,3)12-18(4,5)16(22)19-6/h7-11H,1,12H2,2-6H3,(H,19,22)(H,20,21). The van der Waals surface area contributed by atoms with Crippen molar-refractivity contribution in [2.45, 2.75) is 39.5 Å². The van der Waals surface area contributed by atoms with E-state index in [-0.39, 0.29) is 17.2 Å². The number of anilines is 1. The number of carbonyl (C=O) groups excluding carboxylic acids is 2. The van der Waals surface area contributed by atoms with Crippen LogP contribution in [0.5, 0.6) is 0 Å². The summed E-state index contributed by atoms with van der Waals surface area (Å²) in [5.74, 6) is -0.191. The molecular formula is C18H26N2O2. The minimum atomic E-state index is -0.450. The Hall–Kier alpha value is -2.10. The molecule has 0 bridgehead atoms. The van der Waals surface area contributed by atoms with Gasteiger partial charge in [-0.2, -0.15) is 0 Å². The van der Waals surface area contributed by atoms with E-state index in [4.69, 9.17) is 0 Å². The summed E-state index contributed by atoms with van der Waals surface area (Å²) in [6, 6.07) is 7.70. The second-order valence-electron chi connectivity index (χ2n) is 6.79. The van der Waals surface area contributed by atoms with Gasteiger partial charge in [-0.3, -0.25) is 9.59 Å². The molecule has 1 aromatic rings. The zero-order chi connectivity index (χ0) is 17.0. The Morgan fingerprint density at radius 3 is 2.14 bits per heavy atom. The highest BCUT2D eigenvalue weighted by molar-refractivity contribution is 5.98. The molecule has 2 amide bonds. The monoisotopic (exact) mass is 302 g/mol. The van der Waals surface area contributed by atoms with Gasteiger partial charge in [-0.25, -0.2) is 0 Å². The smallest absolute Gasteiger partial charge is 0.247 e. The first-order valence-corrected chi connectivity index (χ1v) is 7.38. The van der Waals surface area contributed by atoms with Crippen molar-refractivity contribution in [1.29, 1.82) is 0 Å². The molecular weight excluding hydrogens is 276 g/mol. The number of carbonyl (C=O) groups is 2. The number of hydrogen-bond acceptors (Lipinski definition) is 2. The maximum atomic E-state index is 12.0. The van der Waals surface area contributed by atoms with Gasteiger partial charge < -0.3 is 10.6 Å². The summed E-state index contributed by atoms with van der Waals surface area (Å²) < 4.78 is 0. The van der Waals surface area contributed by atoms with Crippen molar-refractivity contribution in [3.63, 3.8) is 0 Å². The molecule has 0 aliphatic carbocycles. The van der Waals surface area contributed by atoms with Crippen molar-refractivity contribution in [2.24, 2.45) is 5.41 Å². The Bertz CT molecular complexity index is 557. The van der Waals surface area contributed by atoms with Crippen molar-refractivity contribution in [3.05, 3.63) is 42.5 Å². The van der Waals surface area contributed by atoms with Crippen molar-refractivity contribution >= 4 is 17.5 Å². The Balaban J connectivity index is 2.91. The predicted molar refractivity (Wildman–Crippen MR) is 90.8 cm³/mol. The van der Waals surface area contributed by atoms with Gasteiger partial charge in [0.2, 0.25) is 11.8 Å². The van der Waals surface area contributed by atoms with Crippen LogP contribution in [0.4, 0.5) is 5.69 Å². The van der Waals surface area contributed by atoms with Crippen LogP contribution in [-0.4, -0.2) is 18.9 Å². The molecule has 0 atom stereocenters. The van der Waals surface area contributed by atoms with Gasteiger partial charge in [-0.05, 0) is 35.6 Å². The Kier molecular flexibility index (Phi) is 5.53. The molecule has 1 aromatic carbocycles. The summed E-state index contributed by atoms with van der Waals surface area (Å²) in [6.45, 7) is 11.6. The maximum Gasteiger partial charge on any atom is 0.247 e. The third kappa shape index (κ3) is 4.45. The molecule has 0 unspecified atom stereocenters. The normalized spacial score (nSPS) is 11.7. The summed E-state index contributed by atoms with van der Waals surface area (Å²) >= 11 is 0. The second-order valence-corrected chi connectivity index (χ2v) is 6.79. The minimum Gasteiger partial charge on any atom is -0.359 e. The van der Waals surface area contributed by atoms with Gasteiger partial charge >= 0.3 is 0 Å². The summed E-state index contributed by atoms with van der Waals surface area (Å²) in [6.07, 6.45) is 1.96. The lowest BCUT2D eigenvalue weighted by atomic mass is 9.71. The zero-order valence-corrected chi connectivity index (χ0v) is 14.1. The van der Waals surface area contributed by atoms with E-state index in [1.54, 1.807) is 7.05 Å². The van der Waals surface area contributed by atoms with Gasteiger partial charge in [0.1, 0.15) is 0 Å². The van der Waals surface area contributed by atoms with E-state index in [9.17, 15) is 9.59 Å². The molecule has 0 aliphatic heterocycles. The highest BCUT2D eigenvalue weighted by Gasteiger charge is 2.35.